The molecule has 2 rings (SSSR count). The summed E-state index contributed by atoms with van der Waals surface area (Å²) in [5, 5.41) is 0. The standard InChI is InChI=1S/C14H14BrNO/c1-10-3-11(2)5-12(4-10)9-17-14-6-13(15)7-16-8-14/h3-8H,9H2,1-2H3. The average molecular weight is 292 g/mol. The molecule has 17 heavy (non-hydrogen) atoms. The third-order valence-corrected chi connectivity index (χ3v) is 2.80. The summed E-state index contributed by atoms with van der Waals surface area (Å²) in [4.78, 5) is 4.06. The summed E-state index contributed by atoms with van der Waals surface area (Å²) in [6.45, 7) is 4.76. The Kier molecular flexibility index (Phi) is 3.79. The number of nitrogens with zero attached hydrogens (tertiary/aromatic N) is 1. The highest BCUT2D eigenvalue weighted by atomic mass is 79.9. The number of hydrogen-bond donors (Lipinski definition) is 0. The van der Waals surface area contributed by atoms with Crippen LogP contribution in [0.5, 0.6) is 5.75 Å². The molecular formula is C14H14BrNO. The van der Waals surface area contributed by atoms with Crippen molar-refractivity contribution in [1.82, 2.24) is 4.98 Å². The van der Waals surface area contributed by atoms with Gasteiger partial charge in [0.25, 0.3) is 0 Å². The van der Waals surface area contributed by atoms with Crippen molar-refractivity contribution in [3.8, 4) is 5.75 Å². The van der Waals surface area contributed by atoms with Crippen LogP contribution in [0, 0.1) is 13.8 Å². The Bertz CT molecular complexity index is 505. The maximum Gasteiger partial charge on any atom is 0.139 e. The second-order valence-electron chi connectivity index (χ2n) is 4.12. The highest BCUT2D eigenvalue weighted by molar-refractivity contribution is 9.10. The highest BCUT2D eigenvalue weighted by Crippen LogP contribution is 2.18. The second-order valence-corrected chi connectivity index (χ2v) is 5.04. The van der Waals surface area contributed by atoms with Crippen molar-refractivity contribution in [2.24, 2.45) is 0 Å². The van der Waals surface area contributed by atoms with Gasteiger partial charge in [-0.1, -0.05) is 29.3 Å². The molecule has 1 aromatic carbocycles. The average Bonchev–Trinajstić information content (AvgIpc) is 2.25. The molecular weight excluding hydrogens is 278 g/mol. The lowest BCUT2D eigenvalue weighted by Crippen LogP contribution is -1.97. The van der Waals surface area contributed by atoms with Crippen LogP contribution >= 0.6 is 15.9 Å². The smallest absolute Gasteiger partial charge is 0.139 e. The molecule has 3 heteroatoms. The van der Waals surface area contributed by atoms with Crippen LogP contribution in [0.2, 0.25) is 0 Å². The molecule has 0 saturated heterocycles. The highest BCUT2D eigenvalue weighted by Gasteiger charge is 1.99. The summed E-state index contributed by atoms with van der Waals surface area (Å²) >= 11 is 3.37. The minimum atomic E-state index is 0.570. The van der Waals surface area contributed by atoms with E-state index in [9.17, 15) is 0 Å². The van der Waals surface area contributed by atoms with Gasteiger partial charge in [-0.3, -0.25) is 4.98 Å². The first-order valence-corrected chi connectivity index (χ1v) is 6.23. The normalized spacial score (nSPS) is 10.3. The van der Waals surface area contributed by atoms with Gasteiger partial charge in [-0.25, -0.2) is 0 Å². The van der Waals surface area contributed by atoms with E-state index in [4.69, 9.17) is 4.74 Å². The number of hydrogen-bond acceptors (Lipinski definition) is 2. The lowest BCUT2D eigenvalue weighted by molar-refractivity contribution is 0.304. The molecule has 0 spiro atoms. The Morgan fingerprint density at radius 2 is 1.76 bits per heavy atom. The van der Waals surface area contributed by atoms with Gasteiger partial charge in [0.1, 0.15) is 12.4 Å². The summed E-state index contributed by atoms with van der Waals surface area (Å²) in [7, 11) is 0. The molecule has 88 valence electrons. The predicted octanol–water partition coefficient (Wildman–Crippen LogP) is 4.04. The molecule has 0 N–H and O–H groups in total. The molecule has 0 fully saturated rings. The maximum atomic E-state index is 5.69. The Balaban J connectivity index is 2.07. The molecule has 0 aliphatic rings. The first-order chi connectivity index (χ1) is 8.13. The minimum Gasteiger partial charge on any atom is -0.487 e. The van der Waals surface area contributed by atoms with E-state index in [0.717, 1.165) is 10.2 Å². The number of aryl methyl sites for hydroxylation is 2. The van der Waals surface area contributed by atoms with Crippen molar-refractivity contribution in [3.63, 3.8) is 0 Å². The molecule has 0 aliphatic heterocycles. The Morgan fingerprint density at radius 1 is 1.06 bits per heavy atom. The van der Waals surface area contributed by atoms with E-state index in [1.54, 1.807) is 12.4 Å². The molecule has 0 amide bonds. The molecule has 0 aliphatic carbocycles. The van der Waals surface area contributed by atoms with Gasteiger partial charge in [0.15, 0.2) is 0 Å². The number of rotatable bonds is 3. The summed E-state index contributed by atoms with van der Waals surface area (Å²) in [5.74, 6) is 0.776. The van der Waals surface area contributed by atoms with Crippen molar-refractivity contribution >= 4 is 15.9 Å². The fourth-order valence-corrected chi connectivity index (χ4v) is 2.13. The fraction of sp³-hybridized carbons (Fsp3) is 0.214. The van der Waals surface area contributed by atoms with Crippen molar-refractivity contribution in [1.29, 1.82) is 0 Å². The monoisotopic (exact) mass is 291 g/mol. The number of halogens is 1. The van der Waals surface area contributed by atoms with Gasteiger partial charge < -0.3 is 4.74 Å². The van der Waals surface area contributed by atoms with Crippen LogP contribution in [0.4, 0.5) is 0 Å². The van der Waals surface area contributed by atoms with E-state index in [-0.39, 0.29) is 0 Å². The van der Waals surface area contributed by atoms with Crippen LogP contribution < -0.4 is 4.74 Å². The Hall–Kier alpha value is -1.35. The van der Waals surface area contributed by atoms with E-state index in [1.165, 1.54) is 16.7 Å². The lowest BCUT2D eigenvalue weighted by atomic mass is 10.1. The number of aromatic nitrogens is 1. The van der Waals surface area contributed by atoms with Gasteiger partial charge in [-0.2, -0.15) is 0 Å². The number of benzene rings is 1. The Labute approximate surface area is 110 Å². The lowest BCUT2D eigenvalue weighted by Gasteiger charge is -2.08. The second kappa shape index (κ2) is 5.32. The van der Waals surface area contributed by atoms with Crippen LogP contribution in [-0.2, 0) is 6.61 Å². The first kappa shape index (κ1) is 12.1. The quantitative estimate of drug-likeness (QED) is 0.851. The van der Waals surface area contributed by atoms with E-state index in [2.05, 4.69) is 53.0 Å². The molecule has 2 nitrogen and oxygen atoms in total. The fourth-order valence-electron chi connectivity index (χ4n) is 1.79. The van der Waals surface area contributed by atoms with Crippen molar-refractivity contribution < 1.29 is 4.74 Å². The third kappa shape index (κ3) is 3.56. The zero-order valence-corrected chi connectivity index (χ0v) is 11.5. The molecule has 0 bridgehead atoms. The van der Waals surface area contributed by atoms with Crippen molar-refractivity contribution in [3.05, 3.63) is 57.8 Å². The van der Waals surface area contributed by atoms with Crippen molar-refractivity contribution in [2.75, 3.05) is 0 Å². The van der Waals surface area contributed by atoms with Gasteiger partial charge in [0, 0.05) is 10.7 Å². The molecule has 0 radical (unpaired) electrons. The van der Waals surface area contributed by atoms with E-state index < -0.39 is 0 Å². The molecule has 1 heterocycles. The van der Waals surface area contributed by atoms with Crippen LogP contribution in [0.3, 0.4) is 0 Å². The first-order valence-electron chi connectivity index (χ1n) is 5.44. The minimum absolute atomic E-state index is 0.570. The van der Waals surface area contributed by atoms with Crippen molar-refractivity contribution in [2.45, 2.75) is 20.5 Å². The Morgan fingerprint density at radius 3 is 2.41 bits per heavy atom. The van der Waals surface area contributed by atoms with Crippen LogP contribution in [-0.4, -0.2) is 4.98 Å². The van der Waals surface area contributed by atoms with Gasteiger partial charge in [-0.15, -0.1) is 0 Å². The van der Waals surface area contributed by atoms with Gasteiger partial charge in [0.05, 0.1) is 6.20 Å². The van der Waals surface area contributed by atoms with Crippen LogP contribution in [0.15, 0.2) is 41.1 Å². The molecule has 2 aromatic rings. The molecule has 1 aromatic heterocycles. The third-order valence-electron chi connectivity index (χ3n) is 2.37. The summed E-state index contributed by atoms with van der Waals surface area (Å²) in [6, 6.07) is 8.34. The summed E-state index contributed by atoms with van der Waals surface area (Å²) in [5.41, 5.74) is 3.70. The molecule has 0 unspecified atom stereocenters. The van der Waals surface area contributed by atoms with E-state index >= 15 is 0 Å². The molecule has 0 saturated carbocycles. The van der Waals surface area contributed by atoms with Gasteiger partial charge >= 0.3 is 0 Å². The topological polar surface area (TPSA) is 22.1 Å². The largest absolute Gasteiger partial charge is 0.487 e. The predicted molar refractivity (Wildman–Crippen MR) is 72.2 cm³/mol. The summed E-state index contributed by atoms with van der Waals surface area (Å²) in [6.07, 6.45) is 3.46. The van der Waals surface area contributed by atoms with Crippen LogP contribution in [0.1, 0.15) is 16.7 Å². The SMILES string of the molecule is Cc1cc(C)cc(COc2cncc(Br)c2)c1. The van der Waals surface area contributed by atoms with Crippen LogP contribution in [0.25, 0.3) is 0 Å². The zero-order chi connectivity index (χ0) is 12.3. The summed E-state index contributed by atoms with van der Waals surface area (Å²) < 4.78 is 6.62. The molecule has 0 atom stereocenters. The van der Waals surface area contributed by atoms with E-state index in [0.29, 0.717) is 6.61 Å². The maximum absolute atomic E-state index is 5.69. The zero-order valence-electron chi connectivity index (χ0n) is 9.90. The van der Waals surface area contributed by atoms with Gasteiger partial charge in [-0.05, 0) is 41.4 Å². The van der Waals surface area contributed by atoms with Gasteiger partial charge in [0.2, 0.25) is 0 Å². The number of ether oxygens (including phenoxy) is 1. The van der Waals surface area contributed by atoms with E-state index in [1.807, 2.05) is 6.07 Å². The number of pyridine rings is 1.